The lowest BCUT2D eigenvalue weighted by molar-refractivity contribution is 0.177. The van der Waals surface area contributed by atoms with Gasteiger partial charge in [-0.05, 0) is 17.0 Å². The van der Waals surface area contributed by atoms with Gasteiger partial charge in [0.2, 0.25) is 0 Å². The fourth-order valence-electron chi connectivity index (χ4n) is 1.76. The van der Waals surface area contributed by atoms with Gasteiger partial charge in [-0.2, -0.15) is 0 Å². The molecule has 0 N–H and O–H groups in total. The van der Waals surface area contributed by atoms with Crippen LogP contribution in [0.15, 0.2) is 72.8 Å². The van der Waals surface area contributed by atoms with Gasteiger partial charge < -0.3 is 0 Å². The molecule has 0 aliphatic carbocycles. The summed E-state index contributed by atoms with van der Waals surface area (Å²) in [5.41, 5.74) is 0.854. The van der Waals surface area contributed by atoms with Crippen molar-refractivity contribution in [2.45, 2.75) is 6.61 Å². The van der Waals surface area contributed by atoms with Crippen LogP contribution in [0.3, 0.4) is 0 Å². The van der Waals surface area contributed by atoms with Crippen molar-refractivity contribution in [3.8, 4) is 0 Å². The fourth-order valence-corrected chi connectivity index (χ4v) is 1.76. The monoisotopic (exact) mass is 253 g/mol. The molecule has 0 atom stereocenters. The van der Waals surface area contributed by atoms with Crippen LogP contribution in [0.2, 0.25) is 0 Å². The van der Waals surface area contributed by atoms with Crippen molar-refractivity contribution < 1.29 is 9.50 Å². The summed E-state index contributed by atoms with van der Waals surface area (Å²) >= 11 is 0. The molecule has 0 aromatic heterocycles. The second-order valence-corrected chi connectivity index (χ2v) is 4.09. The Morgan fingerprint density at radius 3 is 2.00 bits per heavy atom. The van der Waals surface area contributed by atoms with Gasteiger partial charge in [-0.3, -0.25) is 0 Å². The van der Waals surface area contributed by atoms with Gasteiger partial charge in [0, 0.05) is 5.39 Å². The molecule has 3 aromatic rings. The van der Waals surface area contributed by atoms with E-state index >= 15 is 0 Å². The first-order chi connectivity index (χ1) is 9.31. The number of rotatable bonds is 1. The highest BCUT2D eigenvalue weighted by Crippen LogP contribution is 2.15. The predicted molar refractivity (Wildman–Crippen MR) is 74.7 cm³/mol. The first-order valence-corrected chi connectivity index (χ1v) is 6.06. The van der Waals surface area contributed by atoms with Crippen LogP contribution in [0.4, 0.5) is 4.39 Å². The molecule has 2 heteroatoms. The summed E-state index contributed by atoms with van der Waals surface area (Å²) in [4.78, 5) is 0. The molecule has 19 heavy (non-hydrogen) atoms. The Morgan fingerprint density at radius 2 is 1.37 bits per heavy atom. The minimum absolute atomic E-state index is 0.110. The van der Waals surface area contributed by atoms with Gasteiger partial charge in [0.25, 0.3) is 0 Å². The Morgan fingerprint density at radius 1 is 0.737 bits per heavy atom. The van der Waals surface area contributed by atoms with Crippen LogP contribution in [0.5, 0.6) is 0 Å². The largest absolute Gasteiger partial charge is 0.232 e. The summed E-state index contributed by atoms with van der Waals surface area (Å²) in [5, 5.41) is 11.8. The van der Waals surface area contributed by atoms with E-state index in [1.807, 2.05) is 54.6 Å². The molecule has 0 aliphatic heterocycles. The van der Waals surface area contributed by atoms with E-state index in [1.54, 1.807) is 12.1 Å². The van der Waals surface area contributed by atoms with Crippen molar-refractivity contribution in [2.24, 2.45) is 0 Å². The highest BCUT2D eigenvalue weighted by atomic mass is 19.1. The summed E-state index contributed by atoms with van der Waals surface area (Å²) in [7, 11) is 0. The van der Waals surface area contributed by atoms with E-state index in [-0.39, 0.29) is 12.4 Å². The van der Waals surface area contributed by atoms with Crippen LogP contribution in [-0.2, 0) is 11.7 Å². The van der Waals surface area contributed by atoms with Crippen LogP contribution in [0.25, 0.3) is 10.8 Å². The Labute approximate surface area is 112 Å². The Bertz CT molecular complexity index is 630. The third kappa shape index (κ3) is 3.63. The maximum atomic E-state index is 13.0. The molecule has 0 heterocycles. The molecule has 0 spiro atoms. The Balaban J connectivity index is 0.000000148. The molecule has 0 aliphatic rings. The van der Waals surface area contributed by atoms with Gasteiger partial charge in [0.05, 0.1) is 0 Å². The molecule has 3 aromatic carbocycles. The minimum atomic E-state index is -0.150. The first-order valence-electron chi connectivity index (χ1n) is 6.06. The molecule has 3 rings (SSSR count). The smallest absolute Gasteiger partial charge is 0.131 e. The van der Waals surface area contributed by atoms with Crippen LogP contribution in [-0.4, -0.2) is 0 Å². The summed E-state index contributed by atoms with van der Waals surface area (Å²) < 4.78 is 13.0. The van der Waals surface area contributed by atoms with E-state index < -0.39 is 0 Å². The van der Waals surface area contributed by atoms with Gasteiger partial charge in [-0.25, -0.2) is 9.50 Å². The molecule has 95 valence electrons. The highest BCUT2D eigenvalue weighted by molar-refractivity contribution is 5.82. The van der Waals surface area contributed by atoms with E-state index in [0.29, 0.717) is 5.39 Å². The zero-order chi connectivity index (χ0) is 13.5. The SMILES string of the molecule is Fc1cccc2ccccc12.[O]Cc1ccccc1. The maximum absolute atomic E-state index is 13.0. The number of hydrogen-bond acceptors (Lipinski definition) is 0. The number of fused-ring (bicyclic) bond motifs is 1. The normalized spacial score (nSPS) is 9.79. The van der Waals surface area contributed by atoms with Crippen molar-refractivity contribution in [1.29, 1.82) is 0 Å². The first kappa shape index (κ1) is 13.2. The lowest BCUT2D eigenvalue weighted by atomic mass is 10.1. The van der Waals surface area contributed by atoms with Gasteiger partial charge >= 0.3 is 0 Å². The lowest BCUT2D eigenvalue weighted by Gasteiger charge is -1.95. The van der Waals surface area contributed by atoms with Crippen molar-refractivity contribution in [3.63, 3.8) is 0 Å². The molecule has 0 saturated carbocycles. The van der Waals surface area contributed by atoms with Gasteiger partial charge in [0.15, 0.2) is 0 Å². The van der Waals surface area contributed by atoms with Gasteiger partial charge in [-0.15, -0.1) is 0 Å². The zero-order valence-electron chi connectivity index (χ0n) is 10.4. The molecule has 0 unspecified atom stereocenters. The molecule has 0 fully saturated rings. The average Bonchev–Trinajstić information content (AvgIpc) is 2.49. The van der Waals surface area contributed by atoms with Crippen molar-refractivity contribution in [3.05, 3.63) is 84.2 Å². The van der Waals surface area contributed by atoms with Crippen LogP contribution < -0.4 is 0 Å². The number of hydrogen-bond donors (Lipinski definition) is 0. The van der Waals surface area contributed by atoms with E-state index in [2.05, 4.69) is 0 Å². The summed E-state index contributed by atoms with van der Waals surface area (Å²) in [6.07, 6.45) is 0. The molecule has 1 nitrogen and oxygen atoms in total. The third-order valence-electron chi connectivity index (χ3n) is 2.75. The quantitative estimate of drug-likeness (QED) is 0.604. The van der Waals surface area contributed by atoms with Crippen LogP contribution in [0.1, 0.15) is 5.56 Å². The second kappa shape index (κ2) is 6.66. The molecular formula is C17H14FO. The van der Waals surface area contributed by atoms with Crippen molar-refractivity contribution in [1.82, 2.24) is 0 Å². The number of benzene rings is 3. The minimum Gasteiger partial charge on any atom is -0.232 e. The Kier molecular flexibility index (Phi) is 4.65. The molecule has 0 saturated heterocycles. The van der Waals surface area contributed by atoms with E-state index in [1.165, 1.54) is 6.07 Å². The van der Waals surface area contributed by atoms with Gasteiger partial charge in [0.1, 0.15) is 12.4 Å². The van der Waals surface area contributed by atoms with Crippen LogP contribution in [0, 0.1) is 5.82 Å². The maximum Gasteiger partial charge on any atom is 0.131 e. The average molecular weight is 253 g/mol. The lowest BCUT2D eigenvalue weighted by Crippen LogP contribution is -1.76. The van der Waals surface area contributed by atoms with E-state index in [4.69, 9.17) is 0 Å². The molecule has 0 amide bonds. The predicted octanol–water partition coefficient (Wildman–Crippen LogP) is 4.60. The summed E-state index contributed by atoms with van der Waals surface area (Å²) in [6.45, 7) is -0.110. The van der Waals surface area contributed by atoms with Crippen molar-refractivity contribution >= 4 is 10.8 Å². The number of halogens is 1. The van der Waals surface area contributed by atoms with Crippen LogP contribution >= 0.6 is 0 Å². The molecular weight excluding hydrogens is 239 g/mol. The fraction of sp³-hybridized carbons (Fsp3) is 0.0588. The van der Waals surface area contributed by atoms with Crippen molar-refractivity contribution in [2.75, 3.05) is 0 Å². The zero-order valence-corrected chi connectivity index (χ0v) is 10.4. The highest BCUT2D eigenvalue weighted by Gasteiger charge is 1.95. The third-order valence-corrected chi connectivity index (χ3v) is 2.75. The summed E-state index contributed by atoms with van der Waals surface area (Å²) in [5.74, 6) is -0.150. The molecule has 1 radical (unpaired) electrons. The molecule has 0 bridgehead atoms. The summed E-state index contributed by atoms with van der Waals surface area (Å²) in [6, 6.07) is 21.8. The van der Waals surface area contributed by atoms with E-state index in [0.717, 1.165) is 10.9 Å². The standard InChI is InChI=1S/C10H7F.C7H7O/c11-10-7-3-5-8-4-1-2-6-9(8)10;8-6-7-4-2-1-3-5-7/h1-7H;1-5H,6H2. The Hall–Kier alpha value is -2.19. The van der Waals surface area contributed by atoms with E-state index in [9.17, 15) is 9.50 Å². The van der Waals surface area contributed by atoms with Gasteiger partial charge in [-0.1, -0.05) is 66.7 Å². The second-order valence-electron chi connectivity index (χ2n) is 4.09. The topological polar surface area (TPSA) is 19.9 Å².